The highest BCUT2D eigenvalue weighted by Gasteiger charge is 2.18. The number of hydrogen-bond acceptors (Lipinski definition) is 5. The zero-order chi connectivity index (χ0) is 20.1. The third-order valence-corrected chi connectivity index (χ3v) is 4.34. The lowest BCUT2D eigenvalue weighted by Gasteiger charge is -2.17. The second-order valence-electron chi connectivity index (χ2n) is 6.25. The number of hydrogen-bond donors (Lipinski definition) is 1. The van der Waals surface area contributed by atoms with E-state index in [9.17, 15) is 19.7 Å². The number of carbonyl (C=O) groups excluding carboxylic acids is 2. The van der Waals surface area contributed by atoms with Crippen molar-refractivity contribution < 1.29 is 19.2 Å². The van der Waals surface area contributed by atoms with Crippen LogP contribution in [0.15, 0.2) is 60.7 Å². The summed E-state index contributed by atoms with van der Waals surface area (Å²) in [5.74, 6) is -0.474. The minimum atomic E-state index is -0.654. The Kier molecular flexibility index (Phi) is 5.64. The third-order valence-electron chi connectivity index (χ3n) is 4.34. The smallest absolute Gasteiger partial charge is 0.311 e. The molecule has 0 aliphatic rings. The molecule has 3 aromatic rings. The van der Waals surface area contributed by atoms with Crippen LogP contribution in [0.2, 0.25) is 0 Å². The second-order valence-corrected chi connectivity index (χ2v) is 6.25. The molecule has 1 amide bonds. The van der Waals surface area contributed by atoms with Gasteiger partial charge in [0.2, 0.25) is 0 Å². The fourth-order valence-corrected chi connectivity index (χ4v) is 3.00. The lowest BCUT2D eigenvalue weighted by Crippen LogP contribution is -2.31. The van der Waals surface area contributed by atoms with Gasteiger partial charge in [0.15, 0.2) is 12.4 Å². The zero-order valence-corrected chi connectivity index (χ0v) is 15.1. The molecule has 28 heavy (non-hydrogen) atoms. The Morgan fingerprint density at radius 2 is 1.93 bits per heavy atom. The van der Waals surface area contributed by atoms with Crippen LogP contribution in [0.4, 0.5) is 5.69 Å². The van der Waals surface area contributed by atoms with Crippen molar-refractivity contribution in [2.45, 2.75) is 13.0 Å². The van der Waals surface area contributed by atoms with Crippen LogP contribution in [0, 0.1) is 10.1 Å². The van der Waals surface area contributed by atoms with Crippen molar-refractivity contribution in [2.75, 3.05) is 6.61 Å². The van der Waals surface area contributed by atoms with E-state index in [1.165, 1.54) is 12.1 Å². The number of ether oxygens (including phenoxy) is 1. The number of aldehydes is 1. The van der Waals surface area contributed by atoms with Gasteiger partial charge in [-0.2, -0.15) is 0 Å². The molecular weight excluding hydrogens is 360 g/mol. The number of fused-ring (bicyclic) bond motifs is 1. The van der Waals surface area contributed by atoms with Gasteiger partial charge in [0.25, 0.3) is 5.91 Å². The molecule has 0 saturated heterocycles. The number of carbonyl (C=O) groups is 2. The van der Waals surface area contributed by atoms with E-state index in [2.05, 4.69) is 5.32 Å². The first kappa shape index (κ1) is 19.0. The molecule has 0 aliphatic heterocycles. The van der Waals surface area contributed by atoms with Gasteiger partial charge in [-0.05, 0) is 35.4 Å². The van der Waals surface area contributed by atoms with Gasteiger partial charge in [-0.1, -0.05) is 42.5 Å². The maximum absolute atomic E-state index is 12.3. The standard InChI is InChI=1S/C21H18N2O5/c1-14(17-8-4-6-16-5-2-3-7-18(16)17)22-21(25)13-28-20-10-9-15(12-24)11-19(20)23(26)27/h2-12,14H,13H2,1H3,(H,22,25)/t14-/m0/s1. The van der Waals surface area contributed by atoms with Crippen LogP contribution in [-0.4, -0.2) is 23.7 Å². The van der Waals surface area contributed by atoms with Crippen molar-refractivity contribution in [2.24, 2.45) is 0 Å². The number of rotatable bonds is 7. The monoisotopic (exact) mass is 378 g/mol. The second kappa shape index (κ2) is 8.30. The number of nitrogens with zero attached hydrogens (tertiary/aromatic N) is 1. The summed E-state index contributed by atoms with van der Waals surface area (Å²) in [4.78, 5) is 33.5. The van der Waals surface area contributed by atoms with Crippen LogP contribution < -0.4 is 10.1 Å². The molecule has 0 spiro atoms. The highest BCUT2D eigenvalue weighted by atomic mass is 16.6. The van der Waals surface area contributed by atoms with Crippen LogP contribution in [0.1, 0.15) is 28.9 Å². The van der Waals surface area contributed by atoms with Crippen molar-refractivity contribution in [3.8, 4) is 5.75 Å². The molecule has 0 saturated carbocycles. The van der Waals surface area contributed by atoms with Crippen molar-refractivity contribution in [3.05, 3.63) is 81.9 Å². The van der Waals surface area contributed by atoms with E-state index >= 15 is 0 Å². The number of amides is 1. The minimum Gasteiger partial charge on any atom is -0.477 e. The largest absolute Gasteiger partial charge is 0.477 e. The number of benzene rings is 3. The highest BCUT2D eigenvalue weighted by molar-refractivity contribution is 5.87. The lowest BCUT2D eigenvalue weighted by molar-refractivity contribution is -0.385. The molecule has 3 rings (SSSR count). The van der Waals surface area contributed by atoms with Crippen molar-refractivity contribution >= 4 is 28.7 Å². The van der Waals surface area contributed by atoms with Crippen LogP contribution >= 0.6 is 0 Å². The third kappa shape index (κ3) is 4.15. The fourth-order valence-electron chi connectivity index (χ4n) is 3.00. The molecule has 0 unspecified atom stereocenters. The van der Waals surface area contributed by atoms with E-state index in [0.29, 0.717) is 6.29 Å². The minimum absolute atomic E-state index is 0.0661. The maximum Gasteiger partial charge on any atom is 0.311 e. The van der Waals surface area contributed by atoms with Crippen LogP contribution in [0.5, 0.6) is 5.75 Å². The van der Waals surface area contributed by atoms with E-state index in [-0.39, 0.29) is 29.6 Å². The van der Waals surface area contributed by atoms with E-state index in [1.807, 2.05) is 49.4 Å². The Morgan fingerprint density at radius 1 is 1.18 bits per heavy atom. The van der Waals surface area contributed by atoms with E-state index in [4.69, 9.17) is 4.74 Å². The molecule has 1 N–H and O–H groups in total. The number of nitro groups is 1. The zero-order valence-electron chi connectivity index (χ0n) is 15.1. The summed E-state index contributed by atoms with van der Waals surface area (Å²) in [6.45, 7) is 1.48. The Morgan fingerprint density at radius 3 is 2.68 bits per heavy atom. The number of nitrogens with one attached hydrogen (secondary N) is 1. The summed E-state index contributed by atoms with van der Waals surface area (Å²) in [5, 5.41) is 16.1. The number of nitro benzene ring substituents is 1. The Labute approximate surface area is 161 Å². The van der Waals surface area contributed by atoms with E-state index in [1.54, 1.807) is 0 Å². The van der Waals surface area contributed by atoms with Crippen molar-refractivity contribution in [3.63, 3.8) is 0 Å². The SMILES string of the molecule is C[C@H](NC(=O)COc1ccc(C=O)cc1[N+](=O)[O-])c1cccc2ccccc12. The summed E-state index contributed by atoms with van der Waals surface area (Å²) in [6, 6.07) is 17.3. The molecular formula is C21H18N2O5. The molecule has 0 bridgehead atoms. The van der Waals surface area contributed by atoms with Gasteiger partial charge in [0, 0.05) is 11.6 Å². The van der Waals surface area contributed by atoms with Gasteiger partial charge >= 0.3 is 5.69 Å². The van der Waals surface area contributed by atoms with E-state index in [0.717, 1.165) is 22.4 Å². The van der Waals surface area contributed by atoms with Crippen LogP contribution in [0.3, 0.4) is 0 Å². The lowest BCUT2D eigenvalue weighted by atomic mass is 10.00. The molecule has 3 aromatic carbocycles. The molecule has 0 heterocycles. The first-order valence-electron chi connectivity index (χ1n) is 8.63. The summed E-state index contributed by atoms with van der Waals surface area (Å²) in [7, 11) is 0. The predicted octanol–water partition coefficient (Wildman–Crippen LogP) is 3.82. The van der Waals surface area contributed by atoms with Crippen LogP contribution in [-0.2, 0) is 4.79 Å². The van der Waals surface area contributed by atoms with Gasteiger partial charge in [-0.15, -0.1) is 0 Å². The summed E-state index contributed by atoms with van der Waals surface area (Å²) < 4.78 is 5.31. The first-order chi connectivity index (χ1) is 13.5. The average Bonchev–Trinajstić information content (AvgIpc) is 2.71. The highest BCUT2D eigenvalue weighted by Crippen LogP contribution is 2.28. The van der Waals surface area contributed by atoms with Crippen molar-refractivity contribution in [1.82, 2.24) is 5.32 Å². The Balaban J connectivity index is 1.69. The predicted molar refractivity (Wildman–Crippen MR) is 104 cm³/mol. The molecule has 142 valence electrons. The van der Waals surface area contributed by atoms with Gasteiger partial charge in [-0.3, -0.25) is 19.7 Å². The summed E-state index contributed by atoms with van der Waals surface area (Å²) in [5.41, 5.74) is 0.764. The van der Waals surface area contributed by atoms with E-state index < -0.39 is 10.8 Å². The quantitative estimate of drug-likeness (QED) is 0.383. The average molecular weight is 378 g/mol. The van der Waals surface area contributed by atoms with Gasteiger partial charge < -0.3 is 10.1 Å². The maximum atomic E-state index is 12.3. The molecule has 1 atom stereocenters. The molecule has 7 nitrogen and oxygen atoms in total. The topological polar surface area (TPSA) is 98.5 Å². The fraction of sp³-hybridized carbons (Fsp3) is 0.143. The molecule has 0 aliphatic carbocycles. The van der Waals surface area contributed by atoms with Crippen molar-refractivity contribution in [1.29, 1.82) is 0 Å². The summed E-state index contributed by atoms with van der Waals surface area (Å²) >= 11 is 0. The molecule has 0 radical (unpaired) electrons. The Bertz CT molecular complexity index is 1040. The molecule has 7 heteroatoms. The first-order valence-corrected chi connectivity index (χ1v) is 8.63. The Hall–Kier alpha value is -3.74. The van der Waals surface area contributed by atoms with Gasteiger partial charge in [-0.25, -0.2) is 0 Å². The summed E-state index contributed by atoms with van der Waals surface area (Å²) in [6.07, 6.45) is 0.509. The molecule has 0 fully saturated rings. The van der Waals surface area contributed by atoms with Gasteiger partial charge in [0.05, 0.1) is 11.0 Å². The normalized spacial score (nSPS) is 11.6. The van der Waals surface area contributed by atoms with Crippen LogP contribution in [0.25, 0.3) is 10.8 Å². The van der Waals surface area contributed by atoms with Gasteiger partial charge in [0.1, 0.15) is 6.29 Å². The molecule has 0 aromatic heterocycles.